The zero-order valence-corrected chi connectivity index (χ0v) is 15.0. The van der Waals surface area contributed by atoms with E-state index in [1.54, 1.807) is 6.92 Å². The number of rotatable bonds is 1. The molecule has 0 saturated heterocycles. The molecule has 4 aliphatic rings. The molecular weight excluding hydrogens is 300 g/mol. The van der Waals surface area contributed by atoms with Gasteiger partial charge in [0.2, 0.25) is 0 Å². The van der Waals surface area contributed by atoms with Gasteiger partial charge < -0.3 is 5.11 Å². The lowest BCUT2D eigenvalue weighted by Crippen LogP contribution is -2.44. The average molecular weight is 328 g/mol. The number of aliphatic hydroxyl groups excluding tert-OH is 1. The van der Waals surface area contributed by atoms with Gasteiger partial charge in [0, 0.05) is 6.42 Å². The van der Waals surface area contributed by atoms with E-state index in [4.69, 9.17) is 0 Å². The zero-order chi connectivity index (χ0) is 17.3. The van der Waals surface area contributed by atoms with Crippen LogP contribution in [0.2, 0.25) is 0 Å². The third kappa shape index (κ3) is 1.94. The van der Waals surface area contributed by atoms with Crippen molar-refractivity contribution in [2.24, 2.45) is 22.7 Å². The normalized spacial score (nSPS) is 44.6. The van der Waals surface area contributed by atoms with Crippen molar-refractivity contribution in [3.63, 3.8) is 0 Å². The lowest BCUT2D eigenvalue weighted by atomic mass is 9.52. The molecule has 0 aliphatic heterocycles. The Morgan fingerprint density at radius 2 is 1.96 bits per heavy atom. The maximum atomic E-state index is 12.3. The van der Waals surface area contributed by atoms with Crippen molar-refractivity contribution in [3.8, 4) is 0 Å². The topological polar surface area (TPSA) is 54.4 Å². The van der Waals surface area contributed by atoms with Crippen molar-refractivity contribution >= 4 is 11.6 Å². The second kappa shape index (κ2) is 5.14. The van der Waals surface area contributed by atoms with E-state index in [2.05, 4.69) is 6.92 Å². The fourth-order valence-corrected chi connectivity index (χ4v) is 6.26. The monoisotopic (exact) mass is 328 g/mol. The minimum Gasteiger partial charge on any atom is -0.391 e. The first kappa shape index (κ1) is 16.3. The summed E-state index contributed by atoms with van der Waals surface area (Å²) >= 11 is 0. The van der Waals surface area contributed by atoms with E-state index in [-0.39, 0.29) is 17.0 Å². The van der Waals surface area contributed by atoms with Gasteiger partial charge in [-0.05, 0) is 75.7 Å². The maximum Gasteiger partial charge on any atom is 0.155 e. The van der Waals surface area contributed by atoms with Crippen molar-refractivity contribution < 1.29 is 14.7 Å². The van der Waals surface area contributed by atoms with Gasteiger partial charge in [-0.25, -0.2) is 0 Å². The van der Waals surface area contributed by atoms with Gasteiger partial charge in [-0.2, -0.15) is 0 Å². The van der Waals surface area contributed by atoms with Gasteiger partial charge in [-0.15, -0.1) is 0 Å². The molecule has 1 N–H and O–H groups in total. The number of carbonyl (C=O) groups excluding carboxylic acids is 2. The number of aliphatic hydroxyl groups is 1. The highest BCUT2D eigenvalue weighted by atomic mass is 16.3. The smallest absolute Gasteiger partial charge is 0.155 e. The summed E-state index contributed by atoms with van der Waals surface area (Å²) in [7, 11) is 0. The minimum atomic E-state index is -0.667. The molecule has 3 heteroatoms. The van der Waals surface area contributed by atoms with Crippen LogP contribution in [0.5, 0.6) is 0 Å². The lowest BCUT2D eigenvalue weighted by molar-refractivity contribution is -0.128. The number of carbonyl (C=O) groups is 2. The molecule has 3 nitrogen and oxygen atoms in total. The number of hydrogen-bond donors (Lipinski definition) is 1. The summed E-state index contributed by atoms with van der Waals surface area (Å²) in [6.07, 6.45) is 7.74. The summed E-state index contributed by atoms with van der Waals surface area (Å²) in [4.78, 5) is 24.1. The van der Waals surface area contributed by atoms with Crippen LogP contribution in [0.3, 0.4) is 0 Å². The molecule has 0 spiro atoms. The highest BCUT2D eigenvalue weighted by Gasteiger charge is 2.55. The quantitative estimate of drug-likeness (QED) is 0.746. The van der Waals surface area contributed by atoms with Gasteiger partial charge in [-0.1, -0.05) is 23.6 Å². The van der Waals surface area contributed by atoms with Gasteiger partial charge in [0.15, 0.2) is 5.78 Å². The van der Waals surface area contributed by atoms with Crippen LogP contribution in [0, 0.1) is 22.7 Å². The van der Waals surface area contributed by atoms with E-state index >= 15 is 0 Å². The Morgan fingerprint density at radius 1 is 1.21 bits per heavy atom. The molecule has 0 amide bonds. The summed E-state index contributed by atoms with van der Waals surface area (Å²) in [5.74, 6) is 1.44. The molecule has 24 heavy (non-hydrogen) atoms. The first-order valence-corrected chi connectivity index (χ1v) is 9.44. The fraction of sp³-hybridized carbons (Fsp3) is 0.714. The van der Waals surface area contributed by atoms with E-state index in [9.17, 15) is 14.7 Å². The predicted octanol–water partition coefficient (Wildman–Crippen LogP) is 3.76. The Kier molecular flexibility index (Phi) is 3.48. The Labute approximate surface area is 144 Å². The van der Waals surface area contributed by atoms with Crippen molar-refractivity contribution in [3.05, 3.63) is 22.8 Å². The van der Waals surface area contributed by atoms with Crippen LogP contribution < -0.4 is 0 Å². The van der Waals surface area contributed by atoms with Crippen molar-refractivity contribution in [2.75, 3.05) is 0 Å². The van der Waals surface area contributed by atoms with Crippen LogP contribution in [0.25, 0.3) is 0 Å². The second-order valence-electron chi connectivity index (χ2n) is 8.83. The number of Topliss-reactive ketones (excluding diaryl/α,β-unsaturated/α-hetero) is 1. The molecule has 1 fully saturated rings. The van der Waals surface area contributed by atoms with Gasteiger partial charge in [-0.3, -0.25) is 9.59 Å². The summed E-state index contributed by atoms with van der Waals surface area (Å²) in [5, 5.41) is 10.7. The van der Waals surface area contributed by atoms with E-state index < -0.39 is 11.5 Å². The van der Waals surface area contributed by atoms with Crippen molar-refractivity contribution in [1.82, 2.24) is 0 Å². The molecular formula is C21H28O3. The number of hydrogen-bond acceptors (Lipinski definition) is 3. The molecule has 130 valence electrons. The van der Waals surface area contributed by atoms with Crippen molar-refractivity contribution in [1.29, 1.82) is 0 Å². The molecule has 0 aromatic carbocycles. The molecule has 0 aromatic heterocycles. The highest BCUT2D eigenvalue weighted by molar-refractivity contribution is 5.91. The molecule has 0 bridgehead atoms. The van der Waals surface area contributed by atoms with Crippen LogP contribution in [0.4, 0.5) is 0 Å². The predicted molar refractivity (Wildman–Crippen MR) is 92.3 cm³/mol. The number of fused-ring (bicyclic) bond motifs is 4. The third-order valence-electron chi connectivity index (χ3n) is 7.97. The number of allylic oxidation sites excluding steroid dienone is 2. The first-order chi connectivity index (χ1) is 11.3. The second-order valence-corrected chi connectivity index (χ2v) is 8.83. The van der Waals surface area contributed by atoms with Crippen LogP contribution in [-0.4, -0.2) is 22.8 Å². The Hall–Kier alpha value is -1.22. The molecule has 5 atom stereocenters. The molecule has 4 aliphatic carbocycles. The fourth-order valence-electron chi connectivity index (χ4n) is 6.26. The molecule has 0 heterocycles. The lowest BCUT2D eigenvalue weighted by Gasteiger charge is -2.52. The summed E-state index contributed by atoms with van der Waals surface area (Å²) < 4.78 is 0. The van der Waals surface area contributed by atoms with Crippen LogP contribution in [0.1, 0.15) is 65.7 Å². The SMILES string of the molecule is CC(=O)[C@@]1(C)C2=C(C[C@@H]1O)[C@@H]1CCC3=CC(=O)CC[C@]3(C)[C@H]1CC2. The van der Waals surface area contributed by atoms with Gasteiger partial charge in [0.1, 0.15) is 5.78 Å². The summed E-state index contributed by atoms with van der Waals surface area (Å²) in [5.41, 5.74) is 3.45. The standard InChI is InChI=1S/C21H28O3/c1-12(22)21(3)18-7-6-17-15(16(18)11-19(21)24)5-4-13-10-14(23)8-9-20(13,17)2/h10,15,17,19,24H,4-9,11H2,1-3H3/t15-,17-,19-,20-,21-/m0/s1. The van der Waals surface area contributed by atoms with E-state index in [1.807, 2.05) is 13.0 Å². The zero-order valence-electron chi connectivity index (χ0n) is 15.0. The number of ketones is 2. The summed E-state index contributed by atoms with van der Waals surface area (Å²) in [6, 6.07) is 0. The summed E-state index contributed by atoms with van der Waals surface area (Å²) in [6.45, 7) is 5.92. The molecule has 1 saturated carbocycles. The maximum absolute atomic E-state index is 12.3. The average Bonchev–Trinajstić information content (AvgIpc) is 2.81. The largest absolute Gasteiger partial charge is 0.391 e. The van der Waals surface area contributed by atoms with Crippen LogP contribution in [0.15, 0.2) is 22.8 Å². The van der Waals surface area contributed by atoms with E-state index in [0.29, 0.717) is 24.7 Å². The Bertz CT molecular complexity index is 685. The van der Waals surface area contributed by atoms with Crippen LogP contribution in [-0.2, 0) is 9.59 Å². The van der Waals surface area contributed by atoms with Gasteiger partial charge in [0.25, 0.3) is 0 Å². The highest BCUT2D eigenvalue weighted by Crippen LogP contribution is 2.62. The van der Waals surface area contributed by atoms with Gasteiger partial charge in [0.05, 0.1) is 11.5 Å². The minimum absolute atomic E-state index is 0.101. The van der Waals surface area contributed by atoms with E-state index in [0.717, 1.165) is 32.1 Å². The third-order valence-corrected chi connectivity index (χ3v) is 7.97. The molecule has 0 aromatic rings. The van der Waals surface area contributed by atoms with E-state index in [1.165, 1.54) is 16.7 Å². The van der Waals surface area contributed by atoms with Gasteiger partial charge >= 0.3 is 0 Å². The first-order valence-electron chi connectivity index (χ1n) is 9.44. The Morgan fingerprint density at radius 3 is 2.67 bits per heavy atom. The van der Waals surface area contributed by atoms with Crippen molar-refractivity contribution in [2.45, 2.75) is 71.8 Å². The molecule has 0 radical (unpaired) electrons. The Balaban J connectivity index is 1.75. The molecule has 4 rings (SSSR count). The van der Waals surface area contributed by atoms with Crippen LogP contribution >= 0.6 is 0 Å². The molecule has 0 unspecified atom stereocenters.